The van der Waals surface area contributed by atoms with Crippen LogP contribution in [0.2, 0.25) is 0 Å². The Morgan fingerprint density at radius 2 is 0.705 bits per heavy atom. The molecule has 8 nitrogen and oxygen atoms in total. The first-order valence-corrected chi connectivity index (χ1v) is 15.3. The monoisotopic (exact) mass is 598 g/mol. The first-order chi connectivity index (χ1) is 21.7. The highest BCUT2D eigenvalue weighted by Crippen LogP contribution is 2.28. The molecule has 1 aliphatic rings. The maximum absolute atomic E-state index is 11.2. The SMILES string of the molecule is OC(Cc1ccccc1)N1CCOc2ccccc2OCCN(C(O)Cc2ccccc2)CCOc2ccccc2OCC1. The van der Waals surface area contributed by atoms with Crippen molar-refractivity contribution in [1.82, 2.24) is 9.80 Å². The van der Waals surface area contributed by atoms with Crippen LogP contribution < -0.4 is 18.9 Å². The topological polar surface area (TPSA) is 83.9 Å². The minimum absolute atomic E-state index is 0.355. The van der Waals surface area contributed by atoms with E-state index in [1.54, 1.807) is 0 Å². The molecule has 0 bridgehead atoms. The van der Waals surface area contributed by atoms with Crippen LogP contribution in [0.15, 0.2) is 109 Å². The number of aliphatic hydroxyl groups is 2. The highest BCUT2D eigenvalue weighted by atomic mass is 16.5. The number of rotatable bonds is 6. The maximum Gasteiger partial charge on any atom is 0.161 e. The second-order valence-corrected chi connectivity index (χ2v) is 10.7. The number of nitrogens with zero attached hydrogens (tertiary/aromatic N) is 2. The van der Waals surface area contributed by atoms with Crippen LogP contribution in [0.4, 0.5) is 0 Å². The maximum atomic E-state index is 11.2. The summed E-state index contributed by atoms with van der Waals surface area (Å²) < 4.78 is 24.7. The molecular formula is C36H42N2O6. The summed E-state index contributed by atoms with van der Waals surface area (Å²) >= 11 is 0. The summed E-state index contributed by atoms with van der Waals surface area (Å²) in [5.74, 6) is 2.54. The molecule has 5 rings (SSSR count). The van der Waals surface area contributed by atoms with Crippen LogP contribution in [0.5, 0.6) is 23.0 Å². The zero-order valence-corrected chi connectivity index (χ0v) is 25.0. The summed E-state index contributed by atoms with van der Waals surface area (Å²) in [7, 11) is 0. The molecule has 0 aromatic heterocycles. The molecule has 0 aliphatic carbocycles. The molecule has 4 aromatic rings. The lowest BCUT2D eigenvalue weighted by Crippen LogP contribution is -2.42. The van der Waals surface area contributed by atoms with Crippen LogP contribution in [-0.2, 0) is 12.8 Å². The Morgan fingerprint density at radius 1 is 0.432 bits per heavy atom. The lowest BCUT2D eigenvalue weighted by atomic mass is 10.1. The van der Waals surface area contributed by atoms with Gasteiger partial charge in [-0.15, -0.1) is 0 Å². The fourth-order valence-electron chi connectivity index (χ4n) is 5.20. The van der Waals surface area contributed by atoms with Crippen molar-refractivity contribution in [3.63, 3.8) is 0 Å². The third-order valence-corrected chi connectivity index (χ3v) is 7.61. The van der Waals surface area contributed by atoms with Crippen LogP contribution in [-0.4, -0.2) is 85.1 Å². The molecule has 4 aromatic carbocycles. The van der Waals surface area contributed by atoms with Crippen LogP contribution in [0, 0.1) is 0 Å². The summed E-state index contributed by atoms with van der Waals surface area (Å²) in [5, 5.41) is 22.4. The van der Waals surface area contributed by atoms with Crippen molar-refractivity contribution in [3.8, 4) is 23.0 Å². The molecule has 232 valence electrons. The molecule has 1 aliphatic heterocycles. The van der Waals surface area contributed by atoms with Gasteiger partial charge in [-0.2, -0.15) is 0 Å². The van der Waals surface area contributed by atoms with Gasteiger partial charge in [-0.1, -0.05) is 84.9 Å². The Hall–Kier alpha value is -4.08. The van der Waals surface area contributed by atoms with Gasteiger partial charge in [-0.05, 0) is 35.4 Å². The van der Waals surface area contributed by atoms with Gasteiger partial charge in [0.15, 0.2) is 23.0 Å². The van der Waals surface area contributed by atoms with Gasteiger partial charge in [0.2, 0.25) is 0 Å². The summed E-state index contributed by atoms with van der Waals surface area (Å²) in [5.41, 5.74) is 2.11. The third kappa shape index (κ3) is 9.46. The van der Waals surface area contributed by atoms with Crippen molar-refractivity contribution in [2.75, 3.05) is 52.6 Å². The first kappa shape index (κ1) is 31.3. The molecule has 44 heavy (non-hydrogen) atoms. The minimum Gasteiger partial charge on any atom is -0.488 e. The van der Waals surface area contributed by atoms with Crippen molar-refractivity contribution >= 4 is 0 Å². The molecule has 0 amide bonds. The standard InChI is InChI=1S/C36H42N2O6/c39-35(27-29-11-3-1-4-12-29)37-19-23-41-31-15-7-9-17-33(31)43-25-21-38(36(40)28-30-13-5-2-6-14-30)22-26-44-34-18-10-8-16-32(34)42-24-20-37/h1-18,35-36,39-40H,19-28H2. The lowest BCUT2D eigenvalue weighted by molar-refractivity contribution is -0.0129. The normalized spacial score (nSPS) is 17.1. The van der Waals surface area contributed by atoms with E-state index in [1.807, 2.05) is 119 Å². The molecule has 0 fully saturated rings. The zero-order chi connectivity index (χ0) is 30.4. The van der Waals surface area contributed by atoms with E-state index in [0.29, 0.717) is 88.4 Å². The largest absolute Gasteiger partial charge is 0.488 e. The van der Waals surface area contributed by atoms with Crippen molar-refractivity contribution < 1.29 is 29.2 Å². The number of hydrogen-bond donors (Lipinski definition) is 2. The minimum atomic E-state index is -0.707. The third-order valence-electron chi connectivity index (χ3n) is 7.61. The molecule has 0 saturated heterocycles. The molecule has 2 unspecified atom stereocenters. The van der Waals surface area contributed by atoms with Crippen molar-refractivity contribution in [2.45, 2.75) is 25.3 Å². The highest BCUT2D eigenvalue weighted by Gasteiger charge is 2.20. The number of hydrogen-bond acceptors (Lipinski definition) is 8. The van der Waals surface area contributed by atoms with E-state index in [4.69, 9.17) is 18.9 Å². The Morgan fingerprint density at radius 3 is 1.00 bits per heavy atom. The Labute approximate surface area is 260 Å². The van der Waals surface area contributed by atoms with Gasteiger partial charge in [0.05, 0.1) is 0 Å². The first-order valence-electron chi connectivity index (χ1n) is 15.3. The molecular weight excluding hydrogens is 556 g/mol. The molecule has 0 radical (unpaired) electrons. The van der Waals surface area contributed by atoms with Gasteiger partial charge in [0.1, 0.15) is 38.9 Å². The van der Waals surface area contributed by atoms with Crippen LogP contribution in [0.25, 0.3) is 0 Å². The van der Waals surface area contributed by atoms with Crippen molar-refractivity contribution in [3.05, 3.63) is 120 Å². The molecule has 2 N–H and O–H groups in total. The van der Waals surface area contributed by atoms with E-state index < -0.39 is 12.5 Å². The summed E-state index contributed by atoms with van der Waals surface area (Å²) in [4.78, 5) is 3.93. The van der Waals surface area contributed by atoms with Gasteiger partial charge < -0.3 is 29.2 Å². The number of ether oxygens (including phenoxy) is 4. The number of para-hydroxylation sites is 4. The van der Waals surface area contributed by atoms with Crippen molar-refractivity contribution in [2.24, 2.45) is 0 Å². The number of benzene rings is 4. The smallest absolute Gasteiger partial charge is 0.161 e. The van der Waals surface area contributed by atoms with E-state index >= 15 is 0 Å². The number of aliphatic hydroxyl groups excluding tert-OH is 2. The Balaban J connectivity index is 1.31. The van der Waals surface area contributed by atoms with Crippen LogP contribution >= 0.6 is 0 Å². The number of fused-ring (bicyclic) bond motifs is 2. The molecule has 1 heterocycles. The van der Waals surface area contributed by atoms with E-state index in [0.717, 1.165) is 11.1 Å². The van der Waals surface area contributed by atoms with Gasteiger partial charge in [-0.25, -0.2) is 0 Å². The summed E-state index contributed by atoms with van der Waals surface area (Å²) in [6.45, 7) is 3.38. The molecule has 8 heteroatoms. The average Bonchev–Trinajstić information content (AvgIpc) is 3.05. The summed E-state index contributed by atoms with van der Waals surface area (Å²) in [6, 6.07) is 35.1. The van der Waals surface area contributed by atoms with Crippen molar-refractivity contribution in [1.29, 1.82) is 0 Å². The average molecular weight is 599 g/mol. The second kappa shape index (κ2) is 16.7. The fraction of sp³-hybridized carbons (Fsp3) is 0.333. The van der Waals surface area contributed by atoms with Gasteiger partial charge in [-0.3, -0.25) is 9.80 Å². The molecule has 0 spiro atoms. The Kier molecular flexibility index (Phi) is 11.9. The summed E-state index contributed by atoms with van der Waals surface area (Å²) in [6.07, 6.45) is -0.428. The highest BCUT2D eigenvalue weighted by molar-refractivity contribution is 5.40. The Bertz CT molecular complexity index is 1220. The van der Waals surface area contributed by atoms with E-state index in [1.165, 1.54) is 0 Å². The quantitative estimate of drug-likeness (QED) is 0.332. The molecule has 0 saturated carbocycles. The lowest BCUT2D eigenvalue weighted by Gasteiger charge is -2.29. The van der Waals surface area contributed by atoms with Gasteiger partial charge >= 0.3 is 0 Å². The van der Waals surface area contributed by atoms with E-state index in [2.05, 4.69) is 0 Å². The van der Waals surface area contributed by atoms with E-state index in [9.17, 15) is 10.2 Å². The van der Waals surface area contributed by atoms with Crippen LogP contribution in [0.3, 0.4) is 0 Å². The fourth-order valence-corrected chi connectivity index (χ4v) is 5.20. The predicted molar refractivity (Wildman–Crippen MR) is 170 cm³/mol. The van der Waals surface area contributed by atoms with Gasteiger partial charge in [0.25, 0.3) is 0 Å². The van der Waals surface area contributed by atoms with E-state index in [-0.39, 0.29) is 0 Å². The van der Waals surface area contributed by atoms with Crippen LogP contribution in [0.1, 0.15) is 11.1 Å². The predicted octanol–water partition coefficient (Wildman–Crippen LogP) is 4.64. The zero-order valence-electron chi connectivity index (χ0n) is 25.0. The molecule has 2 atom stereocenters. The van der Waals surface area contributed by atoms with Gasteiger partial charge in [0, 0.05) is 39.0 Å². The second-order valence-electron chi connectivity index (χ2n) is 10.7.